The molecule has 0 unspecified atom stereocenters. The molecule has 100 valence electrons. The molecule has 2 nitrogen and oxygen atoms in total. The van der Waals surface area contributed by atoms with E-state index in [9.17, 15) is 4.79 Å². The molecule has 0 saturated heterocycles. The van der Waals surface area contributed by atoms with Crippen LogP contribution >= 0.6 is 38.9 Å². The summed E-state index contributed by atoms with van der Waals surface area (Å²) >= 11 is 11.1. The Labute approximate surface area is 129 Å². The molecule has 0 saturated carbocycles. The number of benzene rings is 1. The van der Waals surface area contributed by atoms with Crippen LogP contribution in [0.1, 0.15) is 10.4 Å². The third kappa shape index (κ3) is 4.64. The summed E-state index contributed by atoms with van der Waals surface area (Å²) in [5, 5.41) is 3.55. The smallest absolute Gasteiger partial charge is 0.224 e. The second kappa shape index (κ2) is 7.08. The molecule has 0 fully saturated rings. The van der Waals surface area contributed by atoms with Gasteiger partial charge in [-0.25, -0.2) is 0 Å². The SMILES string of the molecule is O=C(Cc1ccccc1Cl)NCCc1ccc(Br)s1. The summed E-state index contributed by atoms with van der Waals surface area (Å²) in [6.07, 6.45) is 1.18. The maximum atomic E-state index is 11.8. The first kappa shape index (κ1) is 14.6. The molecule has 2 aromatic rings. The lowest BCUT2D eigenvalue weighted by Gasteiger charge is -2.05. The highest BCUT2D eigenvalue weighted by Gasteiger charge is 2.06. The van der Waals surface area contributed by atoms with Crippen LogP contribution < -0.4 is 5.32 Å². The minimum atomic E-state index is 0.00345. The van der Waals surface area contributed by atoms with Crippen LogP contribution in [-0.2, 0) is 17.6 Å². The number of rotatable bonds is 5. The van der Waals surface area contributed by atoms with Crippen LogP contribution in [-0.4, -0.2) is 12.5 Å². The van der Waals surface area contributed by atoms with Gasteiger partial charge in [-0.1, -0.05) is 29.8 Å². The summed E-state index contributed by atoms with van der Waals surface area (Å²) in [6.45, 7) is 0.649. The molecular formula is C14H13BrClNOS. The second-order valence-electron chi connectivity index (χ2n) is 4.07. The van der Waals surface area contributed by atoms with Gasteiger partial charge in [-0.3, -0.25) is 4.79 Å². The van der Waals surface area contributed by atoms with E-state index in [2.05, 4.69) is 27.3 Å². The average Bonchev–Trinajstić information content (AvgIpc) is 2.78. The summed E-state index contributed by atoms with van der Waals surface area (Å²) in [5.41, 5.74) is 0.862. The predicted molar refractivity (Wildman–Crippen MR) is 83.9 cm³/mol. The molecule has 0 spiro atoms. The number of hydrogen-bond donors (Lipinski definition) is 1. The van der Waals surface area contributed by atoms with Gasteiger partial charge >= 0.3 is 0 Å². The van der Waals surface area contributed by atoms with Gasteiger partial charge < -0.3 is 5.32 Å². The molecule has 0 aliphatic rings. The lowest BCUT2D eigenvalue weighted by atomic mass is 10.1. The van der Waals surface area contributed by atoms with E-state index >= 15 is 0 Å². The van der Waals surface area contributed by atoms with Crippen LogP contribution in [0, 0.1) is 0 Å². The van der Waals surface area contributed by atoms with Gasteiger partial charge in [-0.2, -0.15) is 0 Å². The highest BCUT2D eigenvalue weighted by atomic mass is 79.9. The van der Waals surface area contributed by atoms with Crippen LogP contribution in [0.3, 0.4) is 0 Å². The Morgan fingerprint density at radius 1 is 1.26 bits per heavy atom. The number of nitrogens with one attached hydrogen (secondary N) is 1. The number of carbonyl (C=O) groups excluding carboxylic acids is 1. The molecule has 0 radical (unpaired) electrons. The number of thiophene rings is 1. The van der Waals surface area contributed by atoms with Gasteiger partial charge in [-0.15, -0.1) is 11.3 Å². The number of hydrogen-bond acceptors (Lipinski definition) is 2. The van der Waals surface area contributed by atoms with Gasteiger partial charge in [-0.05, 0) is 46.1 Å². The molecule has 1 heterocycles. The van der Waals surface area contributed by atoms with Crippen molar-refractivity contribution in [2.75, 3.05) is 6.54 Å². The van der Waals surface area contributed by atoms with Crippen LogP contribution in [0.5, 0.6) is 0 Å². The summed E-state index contributed by atoms with van der Waals surface area (Å²) in [6, 6.07) is 11.5. The van der Waals surface area contributed by atoms with E-state index in [-0.39, 0.29) is 5.91 Å². The van der Waals surface area contributed by atoms with E-state index in [1.54, 1.807) is 17.4 Å². The van der Waals surface area contributed by atoms with Crippen molar-refractivity contribution in [2.24, 2.45) is 0 Å². The van der Waals surface area contributed by atoms with Crippen molar-refractivity contribution >= 4 is 44.8 Å². The van der Waals surface area contributed by atoms with Crippen LogP contribution in [0.2, 0.25) is 5.02 Å². The van der Waals surface area contributed by atoms with Crippen LogP contribution in [0.4, 0.5) is 0 Å². The zero-order chi connectivity index (χ0) is 13.7. The van der Waals surface area contributed by atoms with E-state index in [1.807, 2.05) is 24.3 Å². The summed E-state index contributed by atoms with van der Waals surface area (Å²) < 4.78 is 1.12. The predicted octanol–water partition coefficient (Wildman–Crippen LogP) is 4.07. The Morgan fingerprint density at radius 3 is 2.74 bits per heavy atom. The van der Waals surface area contributed by atoms with Gasteiger partial charge in [0.2, 0.25) is 5.91 Å². The molecule has 1 amide bonds. The molecule has 2 rings (SSSR count). The zero-order valence-corrected chi connectivity index (χ0v) is 13.3. The van der Waals surface area contributed by atoms with Crippen molar-refractivity contribution < 1.29 is 4.79 Å². The molecule has 0 aliphatic heterocycles. The van der Waals surface area contributed by atoms with Crippen molar-refractivity contribution in [3.63, 3.8) is 0 Å². The molecule has 5 heteroatoms. The summed E-state index contributed by atoms with van der Waals surface area (Å²) in [5.74, 6) is 0.00345. The maximum absolute atomic E-state index is 11.8. The standard InChI is InChI=1S/C14H13BrClNOS/c15-13-6-5-11(19-13)7-8-17-14(18)9-10-3-1-2-4-12(10)16/h1-6H,7-9H2,(H,17,18). The Kier molecular flexibility index (Phi) is 5.43. The fourth-order valence-corrected chi connectivity index (χ4v) is 3.37. The van der Waals surface area contributed by atoms with Crippen molar-refractivity contribution in [3.8, 4) is 0 Å². The van der Waals surface area contributed by atoms with Crippen molar-refractivity contribution in [2.45, 2.75) is 12.8 Å². The first-order valence-corrected chi connectivity index (χ1v) is 7.88. The Bertz CT molecular complexity index is 570. The fourth-order valence-electron chi connectivity index (χ4n) is 1.69. The molecule has 0 atom stereocenters. The number of carbonyl (C=O) groups is 1. The van der Waals surface area contributed by atoms with Crippen molar-refractivity contribution in [1.82, 2.24) is 5.32 Å². The maximum Gasteiger partial charge on any atom is 0.224 e. The summed E-state index contributed by atoms with van der Waals surface area (Å²) in [4.78, 5) is 13.0. The third-order valence-electron chi connectivity index (χ3n) is 2.63. The van der Waals surface area contributed by atoms with Crippen LogP contribution in [0.15, 0.2) is 40.2 Å². The highest BCUT2D eigenvalue weighted by Crippen LogP contribution is 2.22. The van der Waals surface area contributed by atoms with Gasteiger partial charge in [0.05, 0.1) is 10.2 Å². The quantitative estimate of drug-likeness (QED) is 0.858. The highest BCUT2D eigenvalue weighted by molar-refractivity contribution is 9.11. The normalized spacial score (nSPS) is 10.4. The molecule has 1 aromatic heterocycles. The largest absolute Gasteiger partial charge is 0.355 e. The minimum absolute atomic E-state index is 0.00345. The molecule has 0 aliphatic carbocycles. The minimum Gasteiger partial charge on any atom is -0.355 e. The Hall–Kier alpha value is -0.840. The lowest BCUT2D eigenvalue weighted by molar-refractivity contribution is -0.120. The van der Waals surface area contributed by atoms with Crippen molar-refractivity contribution in [3.05, 3.63) is 55.6 Å². The molecule has 1 N–H and O–H groups in total. The fraction of sp³-hybridized carbons (Fsp3) is 0.214. The molecule has 0 bridgehead atoms. The van der Waals surface area contributed by atoms with Gasteiger partial charge in [0.25, 0.3) is 0 Å². The van der Waals surface area contributed by atoms with Crippen molar-refractivity contribution in [1.29, 1.82) is 0 Å². The first-order chi connectivity index (χ1) is 9.15. The van der Waals surface area contributed by atoms with E-state index in [4.69, 9.17) is 11.6 Å². The molecular weight excluding hydrogens is 346 g/mol. The van der Waals surface area contributed by atoms with Gasteiger partial charge in [0, 0.05) is 16.4 Å². The lowest BCUT2D eigenvalue weighted by Crippen LogP contribution is -2.27. The first-order valence-electron chi connectivity index (χ1n) is 5.89. The summed E-state index contributed by atoms with van der Waals surface area (Å²) in [7, 11) is 0. The van der Waals surface area contributed by atoms with E-state index in [1.165, 1.54) is 4.88 Å². The number of halogens is 2. The molecule has 1 aromatic carbocycles. The Morgan fingerprint density at radius 2 is 2.05 bits per heavy atom. The van der Waals surface area contributed by atoms with Gasteiger partial charge in [0.1, 0.15) is 0 Å². The zero-order valence-electron chi connectivity index (χ0n) is 10.2. The topological polar surface area (TPSA) is 29.1 Å². The van der Waals surface area contributed by atoms with Crippen LogP contribution in [0.25, 0.3) is 0 Å². The number of amides is 1. The van der Waals surface area contributed by atoms with E-state index < -0.39 is 0 Å². The Balaban J connectivity index is 1.77. The van der Waals surface area contributed by atoms with E-state index in [0.29, 0.717) is 18.0 Å². The van der Waals surface area contributed by atoms with E-state index in [0.717, 1.165) is 15.8 Å². The third-order valence-corrected chi connectivity index (χ3v) is 4.68. The molecule has 19 heavy (non-hydrogen) atoms. The second-order valence-corrected chi connectivity index (χ2v) is 7.03. The monoisotopic (exact) mass is 357 g/mol. The average molecular weight is 359 g/mol. The van der Waals surface area contributed by atoms with Gasteiger partial charge in [0.15, 0.2) is 0 Å².